The molecule has 7 heteroatoms. The monoisotopic (exact) mass is 335 g/mol. The number of pyridine rings is 1. The molecule has 1 aromatic rings. The number of hydrogen-bond acceptors (Lipinski definition) is 6. The van der Waals surface area contributed by atoms with Gasteiger partial charge in [-0.3, -0.25) is 9.69 Å². The van der Waals surface area contributed by atoms with Crippen LogP contribution in [0, 0.1) is 12.3 Å². The van der Waals surface area contributed by atoms with Gasteiger partial charge in [0.05, 0.1) is 24.8 Å². The van der Waals surface area contributed by atoms with Crippen molar-refractivity contribution in [2.45, 2.75) is 9.96 Å². The number of hydrogen-bond donors (Lipinski definition) is 1. The van der Waals surface area contributed by atoms with Gasteiger partial charge in [0.15, 0.2) is 0 Å². The van der Waals surface area contributed by atoms with E-state index < -0.39 is 4.93 Å². The number of carbonyl (C=O) groups is 1. The van der Waals surface area contributed by atoms with E-state index in [9.17, 15) is 4.79 Å². The van der Waals surface area contributed by atoms with Crippen molar-refractivity contribution in [1.82, 2.24) is 15.2 Å². The molecule has 1 aromatic heterocycles. The van der Waals surface area contributed by atoms with Crippen molar-refractivity contribution < 1.29 is 14.3 Å². The Hall–Kier alpha value is -1.59. The maximum absolute atomic E-state index is 12.7. The van der Waals surface area contributed by atoms with Gasteiger partial charge < -0.3 is 14.8 Å². The maximum Gasteiger partial charge on any atom is 0.265 e. The summed E-state index contributed by atoms with van der Waals surface area (Å²) < 4.78 is 11.0. The topological polar surface area (TPSA) is 63.7 Å². The predicted molar refractivity (Wildman–Crippen MR) is 88.9 cm³/mol. The molecule has 0 aliphatic carbocycles. The lowest BCUT2D eigenvalue weighted by molar-refractivity contribution is -0.136. The Bertz CT molecular complexity index is 543. The first-order valence-corrected chi connectivity index (χ1v) is 8.19. The van der Waals surface area contributed by atoms with Crippen LogP contribution in [0.2, 0.25) is 0 Å². The largest absolute Gasteiger partial charge is 0.379 e. The van der Waals surface area contributed by atoms with Gasteiger partial charge in [-0.05, 0) is 12.1 Å². The first-order chi connectivity index (χ1) is 11.2. The second-order valence-corrected chi connectivity index (χ2v) is 6.28. The van der Waals surface area contributed by atoms with Crippen LogP contribution in [0.5, 0.6) is 0 Å². The van der Waals surface area contributed by atoms with Gasteiger partial charge in [-0.25, -0.2) is 4.98 Å². The van der Waals surface area contributed by atoms with E-state index in [1.54, 1.807) is 6.20 Å². The van der Waals surface area contributed by atoms with Gasteiger partial charge in [0.1, 0.15) is 0 Å². The Morgan fingerprint density at radius 2 is 2.35 bits per heavy atom. The van der Waals surface area contributed by atoms with Crippen molar-refractivity contribution in [3.8, 4) is 12.3 Å². The molecule has 1 unspecified atom stereocenters. The van der Waals surface area contributed by atoms with Crippen LogP contribution in [0.25, 0.3) is 0 Å². The van der Waals surface area contributed by atoms with Crippen molar-refractivity contribution >= 4 is 17.7 Å². The van der Waals surface area contributed by atoms with E-state index in [1.165, 1.54) is 18.9 Å². The number of methoxy groups -OCH3 is 1. The third kappa shape index (κ3) is 4.94. The summed E-state index contributed by atoms with van der Waals surface area (Å²) in [6, 6.07) is 5.56. The average Bonchev–Trinajstić information content (AvgIpc) is 2.60. The molecule has 124 valence electrons. The van der Waals surface area contributed by atoms with Gasteiger partial charge in [0.2, 0.25) is 4.93 Å². The number of thioether (sulfide) groups is 1. The molecule has 23 heavy (non-hydrogen) atoms. The molecule has 1 aliphatic heterocycles. The van der Waals surface area contributed by atoms with Crippen molar-refractivity contribution in [2.24, 2.45) is 0 Å². The number of ether oxygens (including phenoxy) is 2. The Morgan fingerprint density at radius 1 is 1.57 bits per heavy atom. The van der Waals surface area contributed by atoms with Crippen LogP contribution in [0.3, 0.4) is 0 Å². The van der Waals surface area contributed by atoms with Gasteiger partial charge >= 0.3 is 0 Å². The minimum atomic E-state index is -1.11. The summed E-state index contributed by atoms with van der Waals surface area (Å²) in [5, 5.41) is 3.45. The van der Waals surface area contributed by atoms with E-state index >= 15 is 0 Å². The predicted octanol–water partition coefficient (Wildman–Crippen LogP) is 0.598. The molecule has 1 fully saturated rings. The highest BCUT2D eigenvalue weighted by molar-refractivity contribution is 8.01. The lowest BCUT2D eigenvalue weighted by atomic mass is 10.2. The molecule has 0 saturated carbocycles. The summed E-state index contributed by atoms with van der Waals surface area (Å²) in [6.07, 6.45) is 6.94. The minimum Gasteiger partial charge on any atom is -0.379 e. The van der Waals surface area contributed by atoms with Crippen molar-refractivity contribution in [2.75, 3.05) is 46.5 Å². The second kappa shape index (κ2) is 8.89. The minimum absolute atomic E-state index is 0.163. The van der Waals surface area contributed by atoms with E-state index in [-0.39, 0.29) is 12.5 Å². The van der Waals surface area contributed by atoms with Crippen LogP contribution in [0.4, 0.5) is 0 Å². The van der Waals surface area contributed by atoms with Crippen LogP contribution in [0.15, 0.2) is 29.4 Å². The first-order valence-electron chi connectivity index (χ1n) is 7.37. The van der Waals surface area contributed by atoms with Gasteiger partial charge in [-0.15, -0.1) is 6.42 Å². The summed E-state index contributed by atoms with van der Waals surface area (Å²) in [4.78, 5) is 18.0. The van der Waals surface area contributed by atoms with Crippen molar-refractivity contribution in [3.05, 3.63) is 24.4 Å². The van der Waals surface area contributed by atoms with Gasteiger partial charge in [-0.2, -0.15) is 0 Å². The quantitative estimate of drug-likeness (QED) is 0.447. The molecular formula is C16H21N3O3S. The number of nitrogens with zero attached hydrogens (tertiary/aromatic N) is 2. The molecule has 1 saturated heterocycles. The second-order valence-electron chi connectivity index (χ2n) is 5.00. The number of amides is 1. The van der Waals surface area contributed by atoms with E-state index in [2.05, 4.69) is 21.1 Å². The summed E-state index contributed by atoms with van der Waals surface area (Å²) in [6.45, 7) is 3.42. The maximum atomic E-state index is 12.7. The Balaban J connectivity index is 2.19. The molecule has 1 atom stereocenters. The van der Waals surface area contributed by atoms with Crippen LogP contribution in [-0.2, 0) is 14.3 Å². The fourth-order valence-corrected chi connectivity index (χ4v) is 3.34. The Labute approximate surface area is 140 Å². The SMILES string of the molecule is C#CCNC(=O)C(CN1CCOCC1)(OC)Sc1ccccn1. The summed E-state index contributed by atoms with van der Waals surface area (Å²) in [5.74, 6) is 2.17. The van der Waals surface area contributed by atoms with E-state index in [1.807, 2.05) is 18.2 Å². The zero-order chi connectivity index (χ0) is 16.5. The van der Waals surface area contributed by atoms with Crippen LogP contribution < -0.4 is 5.32 Å². The van der Waals surface area contributed by atoms with Gasteiger partial charge in [-0.1, -0.05) is 23.7 Å². The fourth-order valence-electron chi connectivity index (χ4n) is 2.25. The van der Waals surface area contributed by atoms with Crippen molar-refractivity contribution in [3.63, 3.8) is 0 Å². The fraction of sp³-hybridized carbons (Fsp3) is 0.500. The molecule has 1 N–H and O–H groups in total. The Kier molecular flexibility index (Phi) is 6.86. The third-order valence-electron chi connectivity index (χ3n) is 3.47. The molecule has 6 nitrogen and oxygen atoms in total. The van der Waals surface area contributed by atoms with E-state index in [0.717, 1.165) is 18.1 Å². The average molecular weight is 335 g/mol. The highest BCUT2D eigenvalue weighted by Gasteiger charge is 2.42. The highest BCUT2D eigenvalue weighted by atomic mass is 32.2. The van der Waals surface area contributed by atoms with Crippen LogP contribution >= 0.6 is 11.8 Å². The lowest BCUT2D eigenvalue weighted by Crippen LogP contribution is -2.55. The molecule has 2 heterocycles. The molecule has 0 bridgehead atoms. The molecule has 0 aromatic carbocycles. The number of terminal acetylenes is 1. The Morgan fingerprint density at radius 3 is 2.96 bits per heavy atom. The van der Waals surface area contributed by atoms with Gasteiger partial charge in [0, 0.05) is 32.9 Å². The summed E-state index contributed by atoms with van der Waals surface area (Å²) in [7, 11) is 1.53. The third-order valence-corrected chi connectivity index (χ3v) is 4.73. The first kappa shape index (κ1) is 17.8. The van der Waals surface area contributed by atoms with E-state index in [4.69, 9.17) is 15.9 Å². The smallest absolute Gasteiger partial charge is 0.265 e. The summed E-state index contributed by atoms with van der Waals surface area (Å²) >= 11 is 1.29. The molecule has 0 spiro atoms. The number of nitrogens with one attached hydrogen (secondary N) is 1. The number of rotatable bonds is 7. The zero-order valence-corrected chi connectivity index (χ0v) is 14.0. The molecule has 0 radical (unpaired) electrons. The van der Waals surface area contributed by atoms with Crippen molar-refractivity contribution in [1.29, 1.82) is 0 Å². The number of morpholine rings is 1. The molecular weight excluding hydrogens is 314 g/mol. The normalized spacial score (nSPS) is 17.9. The molecule has 1 aliphatic rings. The number of aromatic nitrogens is 1. The zero-order valence-electron chi connectivity index (χ0n) is 13.2. The molecule has 2 rings (SSSR count). The number of carbonyl (C=O) groups excluding carboxylic acids is 1. The molecule has 1 amide bonds. The van der Waals surface area contributed by atoms with Gasteiger partial charge in [0.25, 0.3) is 5.91 Å². The standard InChI is InChI=1S/C16H21N3O3S/c1-3-7-18-15(20)16(21-2,13-19-9-11-22-12-10-19)23-14-6-4-5-8-17-14/h1,4-6,8H,7,9-13H2,2H3,(H,18,20). The summed E-state index contributed by atoms with van der Waals surface area (Å²) in [5.41, 5.74) is 0. The van der Waals surface area contributed by atoms with Crippen LogP contribution in [0.1, 0.15) is 0 Å². The highest BCUT2D eigenvalue weighted by Crippen LogP contribution is 2.34. The van der Waals surface area contributed by atoms with E-state index in [0.29, 0.717) is 19.8 Å². The lowest BCUT2D eigenvalue weighted by Gasteiger charge is -2.36. The van der Waals surface area contributed by atoms with Crippen LogP contribution in [-0.4, -0.2) is 67.2 Å².